The van der Waals surface area contributed by atoms with E-state index in [-0.39, 0.29) is 5.91 Å². The summed E-state index contributed by atoms with van der Waals surface area (Å²) in [5, 5.41) is 3.00. The van der Waals surface area contributed by atoms with Gasteiger partial charge in [0.1, 0.15) is 0 Å². The molecule has 0 radical (unpaired) electrons. The normalized spacial score (nSPS) is 18.5. The summed E-state index contributed by atoms with van der Waals surface area (Å²) in [5.41, 5.74) is 2.16. The number of likely N-dealkylation sites (tertiary alicyclic amines) is 1. The van der Waals surface area contributed by atoms with Crippen molar-refractivity contribution in [1.29, 1.82) is 0 Å². The molecular weight excluding hydrogens is 389 g/mol. The van der Waals surface area contributed by atoms with Crippen LogP contribution in [-0.4, -0.2) is 28.5 Å². The van der Waals surface area contributed by atoms with Gasteiger partial charge in [-0.05, 0) is 72.3 Å². The lowest BCUT2D eigenvalue weighted by atomic mass is 10.1. The van der Waals surface area contributed by atoms with Crippen LogP contribution in [0.15, 0.2) is 42.6 Å². The van der Waals surface area contributed by atoms with Gasteiger partial charge in [-0.3, -0.25) is 9.69 Å². The molecule has 2 heterocycles. The van der Waals surface area contributed by atoms with Gasteiger partial charge in [-0.25, -0.2) is 0 Å². The average molecular weight is 409 g/mol. The van der Waals surface area contributed by atoms with E-state index < -0.39 is 0 Å². The fraction of sp³-hybridized carbons (Fsp3) is 0.353. The van der Waals surface area contributed by atoms with Crippen molar-refractivity contribution in [3.05, 3.63) is 51.9 Å². The Bertz CT molecular complexity index is 667. The van der Waals surface area contributed by atoms with Crippen molar-refractivity contribution in [3.63, 3.8) is 0 Å². The molecule has 4 nitrogen and oxygen atoms in total. The van der Waals surface area contributed by atoms with Crippen molar-refractivity contribution in [2.45, 2.75) is 18.9 Å². The number of rotatable bonds is 4. The van der Waals surface area contributed by atoms with E-state index in [4.69, 9.17) is 0 Å². The summed E-state index contributed by atoms with van der Waals surface area (Å²) in [7, 11) is 2.07. The van der Waals surface area contributed by atoms with Crippen LogP contribution in [0.3, 0.4) is 0 Å². The molecule has 1 aromatic heterocycles. The third-order valence-electron chi connectivity index (χ3n) is 4.14. The Morgan fingerprint density at radius 3 is 2.95 bits per heavy atom. The molecule has 5 heteroatoms. The maximum absolute atomic E-state index is 12.3. The lowest BCUT2D eigenvalue weighted by Gasteiger charge is -2.24. The molecule has 0 saturated carbocycles. The lowest BCUT2D eigenvalue weighted by molar-refractivity contribution is -0.117. The minimum atomic E-state index is 0.0584. The molecule has 0 unspecified atom stereocenters. The second-order valence-corrected chi connectivity index (χ2v) is 6.98. The summed E-state index contributed by atoms with van der Waals surface area (Å²) in [5.74, 6) is 0.0584. The number of carbonyl (C=O) groups excluding carboxylic acids is 1. The van der Waals surface area contributed by atoms with Gasteiger partial charge in [0.15, 0.2) is 0 Å². The summed E-state index contributed by atoms with van der Waals surface area (Å²) >= 11 is 2.25. The van der Waals surface area contributed by atoms with Gasteiger partial charge in [-0.15, -0.1) is 0 Å². The molecule has 0 bridgehead atoms. The van der Waals surface area contributed by atoms with Crippen LogP contribution in [0.5, 0.6) is 0 Å². The first-order valence-corrected chi connectivity index (χ1v) is 8.62. The number of amides is 1. The molecule has 1 saturated heterocycles. The molecule has 2 aromatic rings. The fourth-order valence-corrected chi connectivity index (χ4v) is 3.67. The SMILES string of the molecule is Cn1cccc1[C@H]1CCCN1CC(=O)Nc1cccc(I)c1. The topological polar surface area (TPSA) is 37.3 Å². The predicted octanol–water partition coefficient (Wildman–Crippen LogP) is 3.41. The number of hydrogen-bond donors (Lipinski definition) is 1. The molecule has 22 heavy (non-hydrogen) atoms. The zero-order valence-corrected chi connectivity index (χ0v) is 14.8. The maximum Gasteiger partial charge on any atom is 0.238 e. The third-order valence-corrected chi connectivity index (χ3v) is 4.82. The molecule has 0 spiro atoms. The van der Waals surface area contributed by atoms with E-state index in [0.29, 0.717) is 12.6 Å². The van der Waals surface area contributed by atoms with Crippen molar-refractivity contribution in [3.8, 4) is 0 Å². The van der Waals surface area contributed by atoms with E-state index in [9.17, 15) is 4.79 Å². The highest BCUT2D eigenvalue weighted by Gasteiger charge is 2.28. The number of aryl methyl sites for hydroxylation is 1. The standard InChI is InChI=1S/C17H20IN3O/c1-20-9-3-7-15(20)16-8-4-10-21(16)12-17(22)19-14-6-2-5-13(18)11-14/h2-3,5-7,9,11,16H,4,8,10,12H2,1H3,(H,19,22)/t16-/m1/s1. The van der Waals surface area contributed by atoms with Crippen molar-refractivity contribution in [1.82, 2.24) is 9.47 Å². The fourth-order valence-electron chi connectivity index (χ4n) is 3.12. The zero-order chi connectivity index (χ0) is 15.5. The second-order valence-electron chi connectivity index (χ2n) is 5.73. The van der Waals surface area contributed by atoms with Crippen LogP contribution in [-0.2, 0) is 11.8 Å². The Kier molecular flexibility index (Phi) is 4.83. The monoisotopic (exact) mass is 409 g/mol. The van der Waals surface area contributed by atoms with E-state index in [1.165, 1.54) is 5.69 Å². The Morgan fingerprint density at radius 2 is 2.23 bits per heavy atom. The number of hydrogen-bond acceptors (Lipinski definition) is 2. The Labute approximate surface area is 144 Å². The molecule has 1 N–H and O–H groups in total. The zero-order valence-electron chi connectivity index (χ0n) is 12.6. The lowest BCUT2D eigenvalue weighted by Crippen LogP contribution is -2.33. The van der Waals surface area contributed by atoms with Crippen molar-refractivity contribution in [2.75, 3.05) is 18.4 Å². The highest BCUT2D eigenvalue weighted by molar-refractivity contribution is 14.1. The van der Waals surface area contributed by atoms with Crippen molar-refractivity contribution < 1.29 is 4.79 Å². The van der Waals surface area contributed by atoms with E-state index in [2.05, 4.69) is 62.8 Å². The third kappa shape index (κ3) is 3.52. The first-order chi connectivity index (χ1) is 10.6. The minimum absolute atomic E-state index is 0.0584. The van der Waals surface area contributed by atoms with Crippen LogP contribution >= 0.6 is 22.6 Å². The van der Waals surface area contributed by atoms with Crippen LogP contribution in [0, 0.1) is 3.57 Å². The molecule has 1 amide bonds. The minimum Gasteiger partial charge on any atom is -0.353 e. The van der Waals surface area contributed by atoms with E-state index in [1.54, 1.807) is 0 Å². The number of aromatic nitrogens is 1. The summed E-state index contributed by atoms with van der Waals surface area (Å²) < 4.78 is 3.28. The molecule has 1 atom stereocenters. The molecule has 3 rings (SSSR count). The van der Waals surface area contributed by atoms with Gasteiger partial charge < -0.3 is 9.88 Å². The first kappa shape index (κ1) is 15.6. The van der Waals surface area contributed by atoms with Crippen molar-refractivity contribution in [2.24, 2.45) is 7.05 Å². The Hall–Kier alpha value is -1.34. The number of halogens is 1. The summed E-state index contributed by atoms with van der Waals surface area (Å²) in [4.78, 5) is 14.6. The summed E-state index contributed by atoms with van der Waals surface area (Å²) in [6.07, 6.45) is 4.33. The molecule has 1 fully saturated rings. The quantitative estimate of drug-likeness (QED) is 0.787. The average Bonchev–Trinajstić information content (AvgIpc) is 3.07. The van der Waals surface area contributed by atoms with Gasteiger partial charge >= 0.3 is 0 Å². The first-order valence-electron chi connectivity index (χ1n) is 7.54. The van der Waals surface area contributed by atoms with Crippen LogP contribution in [0.1, 0.15) is 24.6 Å². The van der Waals surface area contributed by atoms with Crippen LogP contribution in [0.2, 0.25) is 0 Å². The van der Waals surface area contributed by atoms with Gasteiger partial charge in [0, 0.05) is 28.2 Å². The Morgan fingerprint density at radius 1 is 1.36 bits per heavy atom. The van der Waals surface area contributed by atoms with Gasteiger partial charge in [-0.2, -0.15) is 0 Å². The van der Waals surface area contributed by atoms with Gasteiger partial charge in [0.2, 0.25) is 5.91 Å². The van der Waals surface area contributed by atoms with Crippen LogP contribution in [0.25, 0.3) is 0 Å². The number of nitrogens with zero attached hydrogens (tertiary/aromatic N) is 2. The number of anilines is 1. The van der Waals surface area contributed by atoms with E-state index >= 15 is 0 Å². The second kappa shape index (κ2) is 6.83. The smallest absolute Gasteiger partial charge is 0.238 e. The largest absolute Gasteiger partial charge is 0.353 e. The van der Waals surface area contributed by atoms with Crippen LogP contribution in [0.4, 0.5) is 5.69 Å². The highest BCUT2D eigenvalue weighted by atomic mass is 127. The summed E-state index contributed by atoms with van der Waals surface area (Å²) in [6.45, 7) is 1.43. The number of carbonyl (C=O) groups is 1. The molecule has 0 aliphatic carbocycles. The van der Waals surface area contributed by atoms with Gasteiger partial charge in [0.05, 0.1) is 12.6 Å². The predicted molar refractivity (Wildman–Crippen MR) is 96.7 cm³/mol. The highest BCUT2D eigenvalue weighted by Crippen LogP contribution is 2.31. The molecular formula is C17H20IN3O. The van der Waals surface area contributed by atoms with Crippen LogP contribution < -0.4 is 5.32 Å². The van der Waals surface area contributed by atoms with E-state index in [0.717, 1.165) is 28.6 Å². The number of nitrogens with one attached hydrogen (secondary N) is 1. The van der Waals surface area contributed by atoms with Crippen molar-refractivity contribution >= 4 is 34.2 Å². The summed E-state index contributed by atoms with van der Waals surface area (Å²) in [6, 6.07) is 12.5. The molecule has 116 valence electrons. The van der Waals surface area contributed by atoms with Gasteiger partial charge in [-0.1, -0.05) is 6.07 Å². The molecule has 1 aromatic carbocycles. The van der Waals surface area contributed by atoms with Gasteiger partial charge in [0.25, 0.3) is 0 Å². The number of benzene rings is 1. The maximum atomic E-state index is 12.3. The molecule has 1 aliphatic rings. The van der Waals surface area contributed by atoms with E-state index in [1.807, 2.05) is 24.3 Å². The molecule has 1 aliphatic heterocycles. The Balaban J connectivity index is 1.64.